The first-order valence-electron chi connectivity index (χ1n) is 8.45. The number of benzene rings is 1. The van der Waals surface area contributed by atoms with Crippen LogP contribution in [-0.4, -0.2) is 28.7 Å². The smallest absolute Gasteiger partial charge is 0.191 e. The molecule has 0 aliphatic rings. The van der Waals surface area contributed by atoms with E-state index < -0.39 is 6.10 Å². The van der Waals surface area contributed by atoms with Crippen LogP contribution in [0, 0.1) is 0 Å². The number of nitrogens with zero attached hydrogens (tertiary/aromatic N) is 2. The van der Waals surface area contributed by atoms with Crippen LogP contribution in [-0.2, 0) is 13.6 Å². The van der Waals surface area contributed by atoms with Gasteiger partial charge in [-0.05, 0) is 36.1 Å². The Morgan fingerprint density at radius 1 is 1.28 bits per heavy atom. The molecule has 0 amide bonds. The summed E-state index contributed by atoms with van der Waals surface area (Å²) in [5.41, 5.74) is 1.16. The Morgan fingerprint density at radius 3 is 2.84 bits per heavy atom. The highest BCUT2D eigenvalue weighted by molar-refractivity contribution is 7.19. The monoisotopic (exact) mass is 356 g/mol. The maximum Gasteiger partial charge on any atom is 0.191 e. The molecule has 1 atom stereocenters. The van der Waals surface area contributed by atoms with Crippen molar-refractivity contribution in [1.82, 2.24) is 15.2 Å². The van der Waals surface area contributed by atoms with Crippen molar-refractivity contribution in [3.8, 4) is 0 Å². The quantitative estimate of drug-likeness (QED) is 0.470. The zero-order chi connectivity index (χ0) is 17.6. The van der Waals surface area contributed by atoms with Crippen LogP contribution in [0.25, 0.3) is 10.1 Å². The Morgan fingerprint density at radius 2 is 2.12 bits per heavy atom. The average Bonchev–Trinajstić information content (AvgIpc) is 3.23. The van der Waals surface area contributed by atoms with E-state index in [4.69, 9.17) is 0 Å². The lowest BCUT2D eigenvalue weighted by Gasteiger charge is -2.14. The fourth-order valence-electron chi connectivity index (χ4n) is 2.63. The van der Waals surface area contributed by atoms with Gasteiger partial charge in [0, 0.05) is 42.1 Å². The van der Waals surface area contributed by atoms with Gasteiger partial charge >= 0.3 is 0 Å². The predicted molar refractivity (Wildman–Crippen MR) is 105 cm³/mol. The summed E-state index contributed by atoms with van der Waals surface area (Å²) in [5, 5.41) is 18.1. The summed E-state index contributed by atoms with van der Waals surface area (Å²) in [6, 6.07) is 12.3. The van der Waals surface area contributed by atoms with Gasteiger partial charge in [0.25, 0.3) is 0 Å². The number of aliphatic imine (C=N–C) groups is 1. The molecule has 0 aliphatic heterocycles. The molecule has 3 N–H and O–H groups in total. The number of guanidine groups is 1. The second kappa shape index (κ2) is 8.18. The fraction of sp³-hybridized carbons (Fsp3) is 0.316. The number of aryl methyl sites for hydroxylation is 1. The van der Waals surface area contributed by atoms with Gasteiger partial charge in [-0.1, -0.05) is 18.2 Å². The van der Waals surface area contributed by atoms with E-state index in [0.717, 1.165) is 17.0 Å². The Bertz CT molecular complexity index is 819. The van der Waals surface area contributed by atoms with Gasteiger partial charge in [-0.25, -0.2) is 4.99 Å². The van der Waals surface area contributed by atoms with E-state index in [1.165, 1.54) is 10.1 Å². The van der Waals surface area contributed by atoms with Crippen LogP contribution < -0.4 is 10.6 Å². The minimum atomic E-state index is -0.557. The van der Waals surface area contributed by atoms with Crippen LogP contribution in [0.4, 0.5) is 0 Å². The molecular formula is C19H24N4OS. The number of aliphatic hydroxyl groups excluding tert-OH is 1. The Labute approximate surface area is 152 Å². The summed E-state index contributed by atoms with van der Waals surface area (Å²) in [4.78, 5) is 5.54. The highest BCUT2D eigenvalue weighted by atomic mass is 32.1. The van der Waals surface area contributed by atoms with E-state index >= 15 is 0 Å². The van der Waals surface area contributed by atoms with Gasteiger partial charge in [0.2, 0.25) is 0 Å². The van der Waals surface area contributed by atoms with Gasteiger partial charge in [0.1, 0.15) is 6.10 Å². The van der Waals surface area contributed by atoms with Gasteiger partial charge in [0.15, 0.2) is 5.96 Å². The molecule has 0 saturated heterocycles. The van der Waals surface area contributed by atoms with Crippen LogP contribution in [0.3, 0.4) is 0 Å². The lowest BCUT2D eigenvalue weighted by atomic mass is 10.2. The predicted octanol–water partition coefficient (Wildman–Crippen LogP) is 3.03. The Balaban J connectivity index is 1.61. The summed E-state index contributed by atoms with van der Waals surface area (Å²) in [6.07, 6.45) is 3.51. The molecule has 3 rings (SSSR count). The summed E-state index contributed by atoms with van der Waals surface area (Å²) in [5.74, 6) is 0.714. The topological polar surface area (TPSA) is 61.6 Å². The highest BCUT2D eigenvalue weighted by Crippen LogP contribution is 2.29. The highest BCUT2D eigenvalue weighted by Gasteiger charge is 2.12. The molecule has 2 aromatic heterocycles. The van der Waals surface area contributed by atoms with E-state index in [1.54, 1.807) is 11.3 Å². The Kier molecular flexibility index (Phi) is 5.73. The average molecular weight is 356 g/mol. The zero-order valence-electron chi connectivity index (χ0n) is 14.6. The van der Waals surface area contributed by atoms with E-state index in [2.05, 4.69) is 46.1 Å². The maximum absolute atomic E-state index is 10.5. The summed E-state index contributed by atoms with van der Waals surface area (Å²) in [7, 11) is 2.00. The van der Waals surface area contributed by atoms with Crippen molar-refractivity contribution in [2.24, 2.45) is 12.0 Å². The van der Waals surface area contributed by atoms with E-state index in [1.807, 2.05) is 36.9 Å². The molecule has 0 radical (unpaired) electrons. The van der Waals surface area contributed by atoms with Gasteiger partial charge in [-0.2, -0.15) is 0 Å². The second-order valence-electron chi connectivity index (χ2n) is 5.96. The van der Waals surface area contributed by atoms with Crippen LogP contribution in [0.1, 0.15) is 23.5 Å². The fourth-order valence-corrected chi connectivity index (χ4v) is 3.68. The molecule has 2 heterocycles. The van der Waals surface area contributed by atoms with Crippen molar-refractivity contribution in [2.75, 3.05) is 13.1 Å². The number of fused-ring (bicyclic) bond motifs is 1. The first kappa shape index (κ1) is 17.5. The SMILES string of the molecule is CCNC(=NCc1ccn(C)c1)NCC(O)c1cc2ccccc2s1. The zero-order valence-corrected chi connectivity index (χ0v) is 15.4. The molecule has 0 saturated carbocycles. The number of hydrogen-bond acceptors (Lipinski definition) is 3. The number of nitrogens with one attached hydrogen (secondary N) is 2. The van der Waals surface area contributed by atoms with Crippen molar-refractivity contribution in [3.63, 3.8) is 0 Å². The van der Waals surface area contributed by atoms with Crippen molar-refractivity contribution in [3.05, 3.63) is 59.2 Å². The standard InChI is InChI=1S/C19H24N4OS/c1-3-20-19(21-11-14-8-9-23(2)13-14)22-12-16(24)18-10-15-6-4-5-7-17(15)25-18/h4-10,13,16,24H,3,11-12H2,1-2H3,(H2,20,21,22). The van der Waals surface area contributed by atoms with Crippen molar-refractivity contribution in [2.45, 2.75) is 19.6 Å². The molecule has 1 aromatic carbocycles. The minimum absolute atomic E-state index is 0.424. The number of thiophene rings is 1. The molecule has 0 bridgehead atoms. The van der Waals surface area contributed by atoms with Crippen molar-refractivity contribution >= 4 is 27.4 Å². The third-order valence-corrected chi connectivity index (χ3v) is 5.11. The molecule has 1 unspecified atom stereocenters. The molecule has 0 fully saturated rings. The lowest BCUT2D eigenvalue weighted by Crippen LogP contribution is -2.39. The number of aromatic nitrogens is 1. The van der Waals surface area contributed by atoms with E-state index in [-0.39, 0.29) is 0 Å². The van der Waals surface area contributed by atoms with Crippen LogP contribution in [0.2, 0.25) is 0 Å². The minimum Gasteiger partial charge on any atom is -0.386 e. The third-order valence-electron chi connectivity index (χ3n) is 3.89. The van der Waals surface area contributed by atoms with Gasteiger partial charge < -0.3 is 20.3 Å². The molecule has 0 spiro atoms. The van der Waals surface area contributed by atoms with Gasteiger partial charge in [-0.3, -0.25) is 0 Å². The number of rotatable bonds is 6. The largest absolute Gasteiger partial charge is 0.386 e. The van der Waals surface area contributed by atoms with Crippen LogP contribution in [0.5, 0.6) is 0 Å². The van der Waals surface area contributed by atoms with Crippen molar-refractivity contribution < 1.29 is 5.11 Å². The number of hydrogen-bond donors (Lipinski definition) is 3. The van der Waals surface area contributed by atoms with Gasteiger partial charge in [0.05, 0.1) is 6.54 Å². The molecular weight excluding hydrogens is 332 g/mol. The molecule has 3 aromatic rings. The molecule has 25 heavy (non-hydrogen) atoms. The lowest BCUT2D eigenvalue weighted by molar-refractivity contribution is 0.184. The van der Waals surface area contributed by atoms with E-state index in [0.29, 0.717) is 19.0 Å². The van der Waals surface area contributed by atoms with Crippen LogP contribution >= 0.6 is 11.3 Å². The molecule has 0 aliphatic carbocycles. The first-order chi connectivity index (χ1) is 12.2. The molecule has 132 valence electrons. The normalized spacial score (nSPS) is 13.2. The van der Waals surface area contributed by atoms with Crippen molar-refractivity contribution in [1.29, 1.82) is 0 Å². The maximum atomic E-state index is 10.5. The van der Waals surface area contributed by atoms with E-state index in [9.17, 15) is 5.11 Å². The van der Waals surface area contributed by atoms with Gasteiger partial charge in [-0.15, -0.1) is 11.3 Å². The summed E-state index contributed by atoms with van der Waals surface area (Å²) < 4.78 is 3.21. The third kappa shape index (κ3) is 4.61. The molecule has 5 nitrogen and oxygen atoms in total. The summed E-state index contributed by atoms with van der Waals surface area (Å²) >= 11 is 1.63. The molecule has 6 heteroatoms. The second-order valence-corrected chi connectivity index (χ2v) is 7.08. The Hall–Kier alpha value is -2.31. The number of aliphatic hydroxyl groups is 1. The van der Waals surface area contributed by atoms with Crippen LogP contribution in [0.15, 0.2) is 53.8 Å². The first-order valence-corrected chi connectivity index (χ1v) is 9.27. The summed E-state index contributed by atoms with van der Waals surface area (Å²) in [6.45, 7) is 3.84.